The molecule has 2 bridgehead atoms. The Morgan fingerprint density at radius 1 is 1.12 bits per heavy atom. The van der Waals surface area contributed by atoms with Crippen LogP contribution in [0.15, 0.2) is 30.3 Å². The summed E-state index contributed by atoms with van der Waals surface area (Å²) in [5.41, 5.74) is 5.81. The molecule has 2 aliphatic heterocycles. The minimum atomic E-state index is 0.0247. The Balaban J connectivity index is 1.89. The first kappa shape index (κ1) is 14.2. The fraction of sp³-hybridized carbons (Fsp3) is 0.478. The SMILES string of the molecule is Cc1cc2c3ccccc3n3c2c2c1O[C@@]1(C)CCC([C@@H]2C1)C3(C)C. The zero-order valence-electron chi connectivity index (χ0n) is 15.5. The van der Waals surface area contributed by atoms with Crippen molar-refractivity contribution in [3.63, 3.8) is 0 Å². The second-order valence-corrected chi connectivity index (χ2v) is 9.35. The van der Waals surface area contributed by atoms with Gasteiger partial charge in [-0.25, -0.2) is 0 Å². The van der Waals surface area contributed by atoms with Crippen LogP contribution in [0, 0.1) is 12.8 Å². The van der Waals surface area contributed by atoms with Gasteiger partial charge in [-0.05, 0) is 76.5 Å². The van der Waals surface area contributed by atoms with Gasteiger partial charge in [-0.15, -0.1) is 0 Å². The zero-order chi connectivity index (χ0) is 17.1. The third-order valence-corrected chi connectivity index (χ3v) is 7.46. The van der Waals surface area contributed by atoms with Crippen molar-refractivity contribution < 1.29 is 4.74 Å². The topological polar surface area (TPSA) is 14.2 Å². The number of ether oxygens (including phenoxy) is 1. The highest BCUT2D eigenvalue weighted by atomic mass is 16.5. The van der Waals surface area contributed by atoms with Gasteiger partial charge in [-0.2, -0.15) is 0 Å². The second kappa shape index (κ2) is 4.06. The molecule has 1 unspecified atom stereocenters. The van der Waals surface area contributed by atoms with Crippen molar-refractivity contribution in [2.45, 2.75) is 64.0 Å². The normalized spacial score (nSPS) is 31.5. The van der Waals surface area contributed by atoms with Gasteiger partial charge < -0.3 is 9.30 Å². The van der Waals surface area contributed by atoms with E-state index in [1.54, 1.807) is 0 Å². The molecule has 0 radical (unpaired) electrons. The lowest BCUT2D eigenvalue weighted by Crippen LogP contribution is -2.52. The van der Waals surface area contributed by atoms with Gasteiger partial charge >= 0.3 is 0 Å². The fourth-order valence-corrected chi connectivity index (χ4v) is 6.38. The van der Waals surface area contributed by atoms with E-state index < -0.39 is 0 Å². The van der Waals surface area contributed by atoms with Crippen molar-refractivity contribution >= 4 is 21.8 Å². The maximum absolute atomic E-state index is 6.66. The van der Waals surface area contributed by atoms with Gasteiger partial charge in [-0.1, -0.05) is 18.2 Å². The summed E-state index contributed by atoms with van der Waals surface area (Å²) in [6.45, 7) is 9.48. The van der Waals surface area contributed by atoms with Gasteiger partial charge in [0, 0.05) is 27.4 Å². The molecule has 0 N–H and O–H groups in total. The van der Waals surface area contributed by atoms with Crippen LogP contribution >= 0.6 is 0 Å². The molecule has 0 amide bonds. The molecule has 2 aromatic carbocycles. The van der Waals surface area contributed by atoms with Crippen molar-refractivity contribution in [3.05, 3.63) is 41.5 Å². The Labute approximate surface area is 148 Å². The van der Waals surface area contributed by atoms with Crippen molar-refractivity contribution in [2.24, 2.45) is 5.92 Å². The smallest absolute Gasteiger partial charge is 0.128 e. The van der Waals surface area contributed by atoms with Crippen molar-refractivity contribution in [1.29, 1.82) is 0 Å². The molecule has 6 rings (SSSR count). The summed E-state index contributed by atoms with van der Waals surface area (Å²) in [6, 6.07) is 11.3. The number of aromatic nitrogens is 1. The fourth-order valence-electron chi connectivity index (χ4n) is 6.38. The second-order valence-electron chi connectivity index (χ2n) is 9.35. The van der Waals surface area contributed by atoms with Gasteiger partial charge in [0.1, 0.15) is 11.4 Å². The molecule has 1 fully saturated rings. The Morgan fingerprint density at radius 2 is 1.92 bits per heavy atom. The van der Waals surface area contributed by atoms with Gasteiger partial charge in [-0.3, -0.25) is 0 Å². The van der Waals surface area contributed by atoms with Gasteiger partial charge in [0.05, 0.1) is 5.52 Å². The highest BCUT2D eigenvalue weighted by molar-refractivity contribution is 6.11. The summed E-state index contributed by atoms with van der Waals surface area (Å²) < 4.78 is 9.30. The first-order valence-corrected chi connectivity index (χ1v) is 9.67. The minimum Gasteiger partial charge on any atom is -0.487 e. The van der Waals surface area contributed by atoms with E-state index >= 15 is 0 Å². The molecular weight excluding hydrogens is 306 g/mol. The molecule has 128 valence electrons. The summed E-state index contributed by atoms with van der Waals surface area (Å²) in [5, 5.41) is 2.81. The number of nitrogens with zero attached hydrogens (tertiary/aromatic N) is 1. The average molecular weight is 331 g/mol. The van der Waals surface area contributed by atoms with Gasteiger partial charge in [0.25, 0.3) is 0 Å². The number of fused-ring (bicyclic) bond motifs is 4. The van der Waals surface area contributed by atoms with Crippen LogP contribution in [-0.4, -0.2) is 10.2 Å². The van der Waals surface area contributed by atoms with E-state index in [-0.39, 0.29) is 11.1 Å². The quantitative estimate of drug-likeness (QED) is 0.501. The van der Waals surface area contributed by atoms with E-state index in [2.05, 4.69) is 62.6 Å². The molecule has 2 nitrogen and oxygen atoms in total. The van der Waals surface area contributed by atoms with E-state index in [4.69, 9.17) is 4.74 Å². The van der Waals surface area contributed by atoms with Crippen LogP contribution in [0.4, 0.5) is 0 Å². The lowest BCUT2D eigenvalue weighted by molar-refractivity contribution is -0.0262. The molecular formula is C23H25NO. The highest BCUT2D eigenvalue weighted by Crippen LogP contribution is 2.62. The lowest BCUT2D eigenvalue weighted by Gasteiger charge is -2.55. The number of benzene rings is 2. The molecule has 3 aliphatic rings. The number of hydrogen-bond donors (Lipinski definition) is 0. The molecule has 25 heavy (non-hydrogen) atoms. The summed E-state index contributed by atoms with van der Waals surface area (Å²) in [4.78, 5) is 0. The van der Waals surface area contributed by atoms with E-state index in [0.29, 0.717) is 11.8 Å². The van der Waals surface area contributed by atoms with Gasteiger partial charge in [0.2, 0.25) is 0 Å². The standard InChI is InChI=1S/C23H25NO/c1-13-11-15-14-7-5-6-8-18(14)24-20(15)19-16-12-23(4,25-21(13)19)10-9-17(16)22(24,2)3/h5-8,11,16-17H,9-10,12H2,1-4H3/t16-,17?,23-/m0/s1. The molecule has 1 aliphatic carbocycles. The van der Waals surface area contributed by atoms with Crippen LogP contribution in [0.2, 0.25) is 0 Å². The van der Waals surface area contributed by atoms with Crippen molar-refractivity contribution in [3.8, 4) is 5.75 Å². The summed E-state index contributed by atoms with van der Waals surface area (Å²) in [6.07, 6.45) is 3.60. The number of aryl methyl sites for hydroxylation is 1. The molecule has 3 atom stereocenters. The molecule has 0 saturated heterocycles. The van der Waals surface area contributed by atoms with Gasteiger partial charge in [0.15, 0.2) is 0 Å². The molecule has 0 spiro atoms. The van der Waals surface area contributed by atoms with E-state index in [1.807, 2.05) is 0 Å². The van der Waals surface area contributed by atoms with Crippen molar-refractivity contribution in [2.75, 3.05) is 0 Å². The summed E-state index contributed by atoms with van der Waals surface area (Å²) in [7, 11) is 0. The van der Waals surface area contributed by atoms with Crippen LogP contribution < -0.4 is 4.74 Å². The monoisotopic (exact) mass is 331 g/mol. The maximum atomic E-state index is 6.66. The van der Waals surface area contributed by atoms with E-state index in [1.165, 1.54) is 57.9 Å². The summed E-state index contributed by atoms with van der Waals surface area (Å²) in [5.74, 6) is 2.52. The van der Waals surface area contributed by atoms with E-state index in [0.717, 1.165) is 0 Å². The molecule has 3 heterocycles. The number of para-hydroxylation sites is 1. The van der Waals surface area contributed by atoms with E-state index in [9.17, 15) is 0 Å². The molecule has 1 aromatic heterocycles. The molecule has 2 heteroatoms. The lowest BCUT2D eigenvalue weighted by atomic mass is 9.60. The largest absolute Gasteiger partial charge is 0.487 e. The summed E-state index contributed by atoms with van der Waals surface area (Å²) >= 11 is 0. The van der Waals surface area contributed by atoms with Crippen LogP contribution in [0.5, 0.6) is 5.75 Å². The van der Waals surface area contributed by atoms with Crippen LogP contribution in [0.25, 0.3) is 21.8 Å². The Morgan fingerprint density at radius 3 is 2.76 bits per heavy atom. The van der Waals surface area contributed by atoms with Crippen LogP contribution in [0.1, 0.15) is 57.1 Å². The first-order valence-electron chi connectivity index (χ1n) is 9.67. The number of rotatable bonds is 0. The minimum absolute atomic E-state index is 0.0247. The predicted molar refractivity (Wildman–Crippen MR) is 103 cm³/mol. The van der Waals surface area contributed by atoms with Crippen LogP contribution in [0.3, 0.4) is 0 Å². The average Bonchev–Trinajstić information content (AvgIpc) is 2.89. The zero-order valence-corrected chi connectivity index (χ0v) is 15.5. The molecule has 1 saturated carbocycles. The Kier molecular flexibility index (Phi) is 2.31. The Bertz CT molecular complexity index is 1070. The van der Waals surface area contributed by atoms with Crippen molar-refractivity contribution in [1.82, 2.24) is 4.57 Å². The molecule has 3 aromatic rings. The maximum Gasteiger partial charge on any atom is 0.128 e. The Hall–Kier alpha value is -1.96. The van der Waals surface area contributed by atoms with Crippen LogP contribution in [-0.2, 0) is 5.54 Å². The number of hydrogen-bond acceptors (Lipinski definition) is 1. The highest BCUT2D eigenvalue weighted by Gasteiger charge is 2.54. The third kappa shape index (κ3) is 1.49. The predicted octanol–water partition coefficient (Wildman–Crippen LogP) is 5.89. The first-order chi connectivity index (χ1) is 11.9. The third-order valence-electron chi connectivity index (χ3n) is 7.46.